The van der Waals surface area contributed by atoms with Crippen LogP contribution in [0.4, 0.5) is 0 Å². The molecule has 0 bridgehead atoms. The first-order valence-electron chi connectivity index (χ1n) is 12.7. The van der Waals surface area contributed by atoms with Gasteiger partial charge in [-0.2, -0.15) is 0 Å². The summed E-state index contributed by atoms with van der Waals surface area (Å²) < 4.78 is 11.8. The SMILES string of the molecule is CCCCCCCCCCCCC(OC(=O)Cc1ccccc1)c1coc([Si](C)(C)C)c1. The van der Waals surface area contributed by atoms with Crippen molar-refractivity contribution < 1.29 is 13.9 Å². The molecular weight excluding hydrogens is 412 g/mol. The summed E-state index contributed by atoms with van der Waals surface area (Å²) in [6.07, 6.45) is 15.8. The maximum Gasteiger partial charge on any atom is 0.310 e. The van der Waals surface area contributed by atoms with Crippen LogP contribution in [0.5, 0.6) is 0 Å². The van der Waals surface area contributed by atoms with Crippen molar-refractivity contribution >= 4 is 19.4 Å². The van der Waals surface area contributed by atoms with Crippen LogP contribution in [0.1, 0.15) is 94.8 Å². The van der Waals surface area contributed by atoms with Crippen LogP contribution < -0.4 is 5.38 Å². The minimum absolute atomic E-state index is 0.163. The summed E-state index contributed by atoms with van der Waals surface area (Å²) in [6, 6.07) is 12.0. The zero-order valence-electron chi connectivity index (χ0n) is 20.8. The van der Waals surface area contributed by atoms with Crippen molar-refractivity contribution in [1.82, 2.24) is 0 Å². The van der Waals surface area contributed by atoms with Gasteiger partial charge >= 0.3 is 5.97 Å². The Labute approximate surface area is 197 Å². The van der Waals surface area contributed by atoms with E-state index < -0.39 is 8.07 Å². The number of furan rings is 1. The third kappa shape index (κ3) is 10.2. The maximum absolute atomic E-state index is 12.6. The maximum atomic E-state index is 12.6. The molecule has 1 unspecified atom stereocenters. The Morgan fingerprint density at radius 1 is 0.906 bits per heavy atom. The standard InChI is InChI=1S/C28H44O3Si/c1-5-6-7-8-9-10-11-12-13-17-20-26(25-22-28(30-23-25)32(2,3)4)31-27(29)21-24-18-15-14-16-19-24/h14-16,18-19,22-23,26H,5-13,17,20-21H2,1-4H3. The molecule has 0 aliphatic rings. The van der Waals surface area contributed by atoms with Crippen molar-refractivity contribution in [1.29, 1.82) is 0 Å². The highest BCUT2D eigenvalue weighted by molar-refractivity contribution is 6.87. The highest BCUT2D eigenvalue weighted by Crippen LogP contribution is 2.26. The Hall–Kier alpha value is -1.81. The normalized spacial score (nSPS) is 12.6. The van der Waals surface area contributed by atoms with Gasteiger partial charge in [0, 0.05) is 5.56 Å². The number of benzene rings is 1. The first kappa shape index (κ1) is 26.4. The van der Waals surface area contributed by atoms with Gasteiger partial charge < -0.3 is 9.15 Å². The van der Waals surface area contributed by atoms with E-state index >= 15 is 0 Å². The van der Waals surface area contributed by atoms with Crippen molar-refractivity contribution in [2.24, 2.45) is 0 Å². The summed E-state index contributed by atoms with van der Waals surface area (Å²) in [6.45, 7) is 9.08. The Kier molecular flexibility index (Phi) is 11.9. The molecule has 1 aromatic heterocycles. The number of ether oxygens (including phenoxy) is 1. The van der Waals surface area contributed by atoms with Crippen LogP contribution in [-0.2, 0) is 16.0 Å². The number of unbranched alkanes of at least 4 members (excludes halogenated alkanes) is 9. The van der Waals surface area contributed by atoms with Crippen LogP contribution in [0.25, 0.3) is 0 Å². The van der Waals surface area contributed by atoms with Gasteiger partial charge in [0.25, 0.3) is 0 Å². The zero-order chi connectivity index (χ0) is 23.2. The lowest BCUT2D eigenvalue weighted by Gasteiger charge is -2.17. The number of carbonyl (C=O) groups excluding carboxylic acids is 1. The molecule has 4 heteroatoms. The molecule has 0 amide bonds. The first-order chi connectivity index (χ1) is 15.4. The zero-order valence-corrected chi connectivity index (χ0v) is 21.8. The van der Waals surface area contributed by atoms with E-state index in [-0.39, 0.29) is 12.1 Å². The second kappa shape index (κ2) is 14.4. The minimum atomic E-state index is -1.53. The summed E-state index contributed by atoms with van der Waals surface area (Å²) in [5.74, 6) is -0.163. The quantitative estimate of drug-likeness (QED) is 0.146. The molecule has 0 aliphatic heterocycles. The lowest BCUT2D eigenvalue weighted by Crippen LogP contribution is -2.36. The molecule has 1 aromatic carbocycles. The topological polar surface area (TPSA) is 39.4 Å². The third-order valence-electron chi connectivity index (χ3n) is 6.02. The molecule has 0 saturated carbocycles. The lowest BCUT2D eigenvalue weighted by atomic mass is 10.0. The van der Waals surface area contributed by atoms with Crippen molar-refractivity contribution in [3.63, 3.8) is 0 Å². The van der Waals surface area contributed by atoms with Crippen molar-refractivity contribution in [2.75, 3.05) is 0 Å². The van der Waals surface area contributed by atoms with Crippen LogP contribution in [0.3, 0.4) is 0 Å². The van der Waals surface area contributed by atoms with Crippen molar-refractivity contribution in [3.05, 3.63) is 53.8 Å². The van der Waals surface area contributed by atoms with Gasteiger partial charge in [0.2, 0.25) is 0 Å². The van der Waals surface area contributed by atoms with Crippen LogP contribution in [0.2, 0.25) is 19.6 Å². The summed E-state index contributed by atoms with van der Waals surface area (Å²) in [5, 5.41) is 1.07. The van der Waals surface area contributed by atoms with Crippen LogP contribution >= 0.6 is 0 Å². The van der Waals surface area contributed by atoms with E-state index in [4.69, 9.17) is 9.15 Å². The van der Waals surface area contributed by atoms with Gasteiger partial charge in [-0.3, -0.25) is 4.79 Å². The van der Waals surface area contributed by atoms with Gasteiger partial charge in [0.05, 0.1) is 18.1 Å². The monoisotopic (exact) mass is 456 g/mol. The molecule has 0 N–H and O–H groups in total. The highest BCUT2D eigenvalue weighted by Gasteiger charge is 2.25. The van der Waals surface area contributed by atoms with E-state index in [1.165, 1.54) is 57.8 Å². The fourth-order valence-electron chi connectivity index (χ4n) is 3.99. The van der Waals surface area contributed by atoms with E-state index in [9.17, 15) is 4.79 Å². The van der Waals surface area contributed by atoms with Crippen molar-refractivity contribution in [3.8, 4) is 0 Å². The van der Waals surface area contributed by atoms with E-state index in [0.717, 1.165) is 29.4 Å². The van der Waals surface area contributed by atoms with Crippen LogP contribution in [0, 0.1) is 0 Å². The Balaban J connectivity index is 1.83. The third-order valence-corrected chi connectivity index (χ3v) is 7.76. The van der Waals surface area contributed by atoms with Crippen LogP contribution in [-0.4, -0.2) is 14.0 Å². The van der Waals surface area contributed by atoms with Crippen molar-refractivity contribution in [2.45, 2.75) is 110 Å². The largest absolute Gasteiger partial charge is 0.474 e. The minimum Gasteiger partial charge on any atom is -0.474 e. The molecule has 3 nitrogen and oxygen atoms in total. The molecule has 2 aromatic rings. The average Bonchev–Trinajstić information content (AvgIpc) is 3.26. The summed E-state index contributed by atoms with van der Waals surface area (Å²) in [5.41, 5.74) is 2.00. The molecule has 1 atom stereocenters. The van der Waals surface area contributed by atoms with E-state index in [0.29, 0.717) is 6.42 Å². The Morgan fingerprint density at radius 2 is 1.50 bits per heavy atom. The number of hydrogen-bond acceptors (Lipinski definition) is 3. The molecule has 2 rings (SSSR count). The molecule has 0 radical (unpaired) electrons. The van der Waals surface area contributed by atoms with E-state index in [1.54, 1.807) is 0 Å². The lowest BCUT2D eigenvalue weighted by molar-refractivity contribution is -0.149. The van der Waals surface area contributed by atoms with Gasteiger partial charge in [-0.25, -0.2) is 0 Å². The molecule has 32 heavy (non-hydrogen) atoms. The first-order valence-corrected chi connectivity index (χ1v) is 16.2. The second-order valence-electron chi connectivity index (χ2n) is 10.1. The van der Waals surface area contributed by atoms with Gasteiger partial charge in [-0.15, -0.1) is 0 Å². The predicted molar refractivity (Wildman–Crippen MR) is 137 cm³/mol. The fourth-order valence-corrected chi connectivity index (χ4v) is 5.00. The van der Waals surface area contributed by atoms with Gasteiger partial charge in [-0.1, -0.05) is 115 Å². The Bertz CT molecular complexity index is 760. The number of hydrogen-bond donors (Lipinski definition) is 0. The number of esters is 1. The molecular formula is C28H44O3Si. The molecule has 0 aliphatic carbocycles. The molecule has 0 spiro atoms. The van der Waals surface area contributed by atoms with E-state index in [2.05, 4.69) is 32.6 Å². The smallest absolute Gasteiger partial charge is 0.310 e. The van der Waals surface area contributed by atoms with E-state index in [1.807, 2.05) is 36.6 Å². The second-order valence-corrected chi connectivity index (χ2v) is 15.1. The van der Waals surface area contributed by atoms with Gasteiger partial charge in [0.15, 0.2) is 0 Å². The summed E-state index contributed by atoms with van der Waals surface area (Å²) >= 11 is 0. The Morgan fingerprint density at radius 3 is 2.06 bits per heavy atom. The average molecular weight is 457 g/mol. The van der Waals surface area contributed by atoms with Gasteiger partial charge in [-0.05, 0) is 24.5 Å². The molecule has 178 valence electrons. The number of carbonyl (C=O) groups is 1. The molecule has 1 heterocycles. The summed E-state index contributed by atoms with van der Waals surface area (Å²) in [4.78, 5) is 12.6. The highest BCUT2D eigenvalue weighted by atomic mass is 28.3. The molecule has 0 fully saturated rings. The van der Waals surface area contributed by atoms with Gasteiger partial charge in [0.1, 0.15) is 14.2 Å². The fraction of sp³-hybridized carbons (Fsp3) is 0.607. The summed E-state index contributed by atoms with van der Waals surface area (Å²) in [7, 11) is -1.53. The van der Waals surface area contributed by atoms with Crippen LogP contribution in [0.15, 0.2) is 47.1 Å². The number of rotatable bonds is 16. The molecule has 0 saturated heterocycles. The predicted octanol–water partition coefficient (Wildman–Crippen LogP) is 7.96.